The van der Waals surface area contributed by atoms with Crippen LogP contribution < -0.4 is 0 Å². The zero-order valence-corrected chi connectivity index (χ0v) is 7.83. The second kappa shape index (κ2) is 3.69. The molecule has 2 rings (SSSR count). The van der Waals surface area contributed by atoms with Crippen LogP contribution in [0.4, 0.5) is 0 Å². The van der Waals surface area contributed by atoms with Gasteiger partial charge < -0.3 is 0 Å². The molecule has 1 aliphatic heterocycles. The molecule has 0 amide bonds. The first-order valence-corrected chi connectivity index (χ1v) is 5.26. The van der Waals surface area contributed by atoms with Crippen LogP contribution in [0.1, 0.15) is 6.42 Å². The van der Waals surface area contributed by atoms with E-state index in [4.69, 9.17) is 0 Å². The smallest absolute Gasteiger partial charge is 0.00254 e. The maximum Gasteiger partial charge on any atom is -0.00254 e. The van der Waals surface area contributed by atoms with Crippen molar-refractivity contribution >= 4 is 8.58 Å². The summed E-state index contributed by atoms with van der Waals surface area (Å²) in [6, 6.07) is 0. The first-order chi connectivity index (χ1) is 5.95. The summed E-state index contributed by atoms with van der Waals surface area (Å²) < 4.78 is 0. The van der Waals surface area contributed by atoms with Crippen molar-refractivity contribution in [3.8, 4) is 0 Å². The normalized spacial score (nSPS) is 22.7. The van der Waals surface area contributed by atoms with Crippen LogP contribution in [0.3, 0.4) is 0 Å². The second-order valence-electron chi connectivity index (χ2n) is 2.88. The number of hydrogen-bond acceptors (Lipinski definition) is 0. The van der Waals surface area contributed by atoms with Gasteiger partial charge in [0.05, 0.1) is 0 Å². The molecular weight excluding hydrogens is 163 g/mol. The van der Waals surface area contributed by atoms with Crippen LogP contribution in [0.5, 0.6) is 0 Å². The van der Waals surface area contributed by atoms with E-state index in [2.05, 4.69) is 48.1 Å². The minimum absolute atomic E-state index is 0.832. The molecule has 1 unspecified atom stereocenters. The van der Waals surface area contributed by atoms with Crippen LogP contribution >= 0.6 is 8.58 Å². The van der Waals surface area contributed by atoms with Crippen molar-refractivity contribution in [2.75, 3.05) is 0 Å². The zero-order chi connectivity index (χ0) is 8.23. The van der Waals surface area contributed by atoms with Gasteiger partial charge in [-0.2, -0.15) is 0 Å². The molecule has 1 aliphatic carbocycles. The van der Waals surface area contributed by atoms with E-state index in [1.165, 1.54) is 11.1 Å². The van der Waals surface area contributed by atoms with Crippen molar-refractivity contribution < 1.29 is 0 Å². The molecule has 0 saturated carbocycles. The van der Waals surface area contributed by atoms with Crippen molar-refractivity contribution in [1.82, 2.24) is 0 Å². The highest BCUT2D eigenvalue weighted by Crippen LogP contribution is 2.26. The Morgan fingerprint density at radius 1 is 1.00 bits per heavy atom. The molecule has 0 aromatic heterocycles. The molecule has 0 aromatic carbocycles. The quantitative estimate of drug-likeness (QED) is 0.493. The fourth-order valence-electron chi connectivity index (χ4n) is 1.31. The van der Waals surface area contributed by atoms with Gasteiger partial charge in [-0.05, 0) is 17.6 Å². The lowest BCUT2D eigenvalue weighted by Crippen LogP contribution is -1.81. The molecule has 1 heteroatoms. The van der Waals surface area contributed by atoms with Crippen molar-refractivity contribution in [3.05, 3.63) is 59.2 Å². The Morgan fingerprint density at radius 3 is 2.75 bits per heavy atom. The Bertz CT molecular complexity index is 314. The predicted molar refractivity (Wildman–Crippen MR) is 56.5 cm³/mol. The van der Waals surface area contributed by atoms with Crippen molar-refractivity contribution in [1.29, 1.82) is 0 Å². The molecule has 2 bridgehead atoms. The Kier molecular flexibility index (Phi) is 2.39. The van der Waals surface area contributed by atoms with Gasteiger partial charge in [-0.1, -0.05) is 56.7 Å². The van der Waals surface area contributed by atoms with Crippen LogP contribution in [-0.4, -0.2) is 0 Å². The van der Waals surface area contributed by atoms with Crippen LogP contribution in [0, 0.1) is 0 Å². The molecule has 60 valence electrons. The Morgan fingerprint density at radius 2 is 1.83 bits per heavy atom. The molecular formula is C11H11P. The second-order valence-corrected chi connectivity index (χ2v) is 3.84. The standard InChI is InChI=1S/C11H11P/c1-2-5-11-8-10(4-1)6-3-7-12-9-11/h1-7,9,12H,8H2. The maximum atomic E-state index is 2.31. The topological polar surface area (TPSA) is 0 Å². The molecule has 0 N–H and O–H groups in total. The molecule has 0 fully saturated rings. The van der Waals surface area contributed by atoms with Gasteiger partial charge in [0.15, 0.2) is 0 Å². The van der Waals surface area contributed by atoms with Crippen LogP contribution in [-0.2, 0) is 0 Å². The fraction of sp³-hybridized carbons (Fsp3) is 0.0909. The Labute approximate surface area is 74.8 Å². The lowest BCUT2D eigenvalue weighted by atomic mass is 10.1. The van der Waals surface area contributed by atoms with Crippen molar-refractivity contribution in [2.24, 2.45) is 0 Å². The van der Waals surface area contributed by atoms with Gasteiger partial charge in [0, 0.05) is 0 Å². The summed E-state index contributed by atoms with van der Waals surface area (Å²) in [5.74, 6) is 4.53. The number of allylic oxidation sites excluding steroid dienone is 8. The summed E-state index contributed by atoms with van der Waals surface area (Å²) in [5, 5.41) is 0. The van der Waals surface area contributed by atoms with Crippen molar-refractivity contribution in [2.45, 2.75) is 6.42 Å². The lowest BCUT2D eigenvalue weighted by molar-refractivity contribution is 1.22. The van der Waals surface area contributed by atoms with E-state index in [1.54, 1.807) is 0 Å². The average Bonchev–Trinajstić information content (AvgIpc) is 2.25. The van der Waals surface area contributed by atoms with E-state index in [-0.39, 0.29) is 0 Å². The first-order valence-electron chi connectivity index (χ1n) is 4.11. The Hall–Kier alpha value is -0.870. The monoisotopic (exact) mass is 174 g/mol. The third kappa shape index (κ3) is 1.84. The van der Waals surface area contributed by atoms with Gasteiger partial charge >= 0.3 is 0 Å². The summed E-state index contributed by atoms with van der Waals surface area (Å²) in [6.45, 7) is 0. The number of hydrogen-bond donors (Lipinski definition) is 0. The third-order valence-electron chi connectivity index (χ3n) is 1.91. The molecule has 2 aliphatic rings. The minimum Gasteiger partial charge on any atom is -0.0746 e. The molecule has 12 heavy (non-hydrogen) atoms. The van der Waals surface area contributed by atoms with Gasteiger partial charge in [-0.15, -0.1) is 0 Å². The summed E-state index contributed by atoms with van der Waals surface area (Å²) in [6.07, 6.45) is 14.0. The van der Waals surface area contributed by atoms with E-state index >= 15 is 0 Å². The lowest BCUT2D eigenvalue weighted by Gasteiger charge is -2.03. The molecule has 1 atom stereocenters. The summed E-state index contributed by atoms with van der Waals surface area (Å²) >= 11 is 0. The minimum atomic E-state index is 0.832. The van der Waals surface area contributed by atoms with E-state index < -0.39 is 0 Å². The SMILES string of the molecule is C1=CPC=C2C=CC=CC(=C1)C2. The van der Waals surface area contributed by atoms with Crippen LogP contribution in [0.15, 0.2) is 59.2 Å². The first kappa shape index (κ1) is 7.76. The van der Waals surface area contributed by atoms with Crippen LogP contribution in [0.2, 0.25) is 0 Å². The summed E-state index contributed by atoms with van der Waals surface area (Å²) in [5.41, 5.74) is 2.83. The van der Waals surface area contributed by atoms with Gasteiger partial charge in [-0.25, -0.2) is 0 Å². The zero-order valence-electron chi connectivity index (χ0n) is 6.83. The largest absolute Gasteiger partial charge is 0.0746 e. The van der Waals surface area contributed by atoms with Gasteiger partial charge in [0.2, 0.25) is 0 Å². The third-order valence-corrected chi connectivity index (χ3v) is 2.83. The number of fused-ring (bicyclic) bond motifs is 2. The van der Waals surface area contributed by atoms with Crippen LogP contribution in [0.25, 0.3) is 0 Å². The highest BCUT2D eigenvalue weighted by atomic mass is 31.1. The number of rotatable bonds is 0. The van der Waals surface area contributed by atoms with Gasteiger partial charge in [-0.3, -0.25) is 0 Å². The van der Waals surface area contributed by atoms with Crippen molar-refractivity contribution in [3.63, 3.8) is 0 Å². The molecule has 1 heterocycles. The molecule has 0 aromatic rings. The highest BCUT2D eigenvalue weighted by molar-refractivity contribution is 7.45. The molecule has 0 spiro atoms. The van der Waals surface area contributed by atoms with E-state index in [9.17, 15) is 0 Å². The average molecular weight is 174 g/mol. The fourth-order valence-corrected chi connectivity index (χ4v) is 2.02. The van der Waals surface area contributed by atoms with Gasteiger partial charge in [0.1, 0.15) is 0 Å². The molecule has 0 saturated heterocycles. The van der Waals surface area contributed by atoms with Gasteiger partial charge in [0.25, 0.3) is 0 Å². The predicted octanol–water partition coefficient (Wildman–Crippen LogP) is 3.52. The highest BCUT2D eigenvalue weighted by Gasteiger charge is 1.99. The molecule has 0 radical (unpaired) electrons. The van der Waals surface area contributed by atoms with E-state index in [0.29, 0.717) is 0 Å². The van der Waals surface area contributed by atoms with E-state index in [1.807, 2.05) is 0 Å². The summed E-state index contributed by atoms with van der Waals surface area (Å²) in [7, 11) is 0.832. The maximum absolute atomic E-state index is 2.31. The van der Waals surface area contributed by atoms with E-state index in [0.717, 1.165) is 15.0 Å². The molecule has 0 nitrogen and oxygen atoms in total. The Balaban J connectivity index is 2.39. The summed E-state index contributed by atoms with van der Waals surface area (Å²) in [4.78, 5) is 0.